The van der Waals surface area contributed by atoms with E-state index in [0.29, 0.717) is 17.8 Å². The van der Waals surface area contributed by atoms with Gasteiger partial charge in [0, 0.05) is 28.9 Å². The number of hydrogen-bond acceptors (Lipinski definition) is 3. The summed E-state index contributed by atoms with van der Waals surface area (Å²) in [5, 5.41) is 11.7. The Kier molecular flexibility index (Phi) is 5.82. The molecule has 4 N–H and O–H groups in total. The number of carbonyl (C=O) groups is 1. The van der Waals surface area contributed by atoms with Gasteiger partial charge in [0.2, 0.25) is 0 Å². The predicted octanol–water partition coefficient (Wildman–Crippen LogP) is 2.56. The lowest BCUT2D eigenvalue weighted by molar-refractivity contribution is 0.0933. The van der Waals surface area contributed by atoms with Crippen molar-refractivity contribution in [2.45, 2.75) is 26.7 Å². The summed E-state index contributed by atoms with van der Waals surface area (Å²) in [6, 6.07) is 5.15. The van der Waals surface area contributed by atoms with E-state index in [2.05, 4.69) is 35.1 Å². The predicted molar refractivity (Wildman–Crippen MR) is 81.0 cm³/mol. The number of nitrogens with two attached hydrogens (primary N) is 1. The molecule has 0 unspecified atom stereocenters. The number of anilines is 1. The third kappa shape index (κ3) is 5.61. The van der Waals surface area contributed by atoms with Gasteiger partial charge in [0.1, 0.15) is 0 Å². The molecule has 0 fully saturated rings. The lowest BCUT2D eigenvalue weighted by atomic mass is 9.88. The third-order valence-electron chi connectivity index (χ3n) is 2.92. The molecule has 0 aliphatic rings. The van der Waals surface area contributed by atoms with Crippen LogP contribution < -0.4 is 11.1 Å². The Morgan fingerprint density at radius 1 is 1.42 bits per heavy atom. The number of benzene rings is 1. The summed E-state index contributed by atoms with van der Waals surface area (Å²) in [4.78, 5) is 12.0. The smallest absolute Gasteiger partial charge is 0.251 e. The van der Waals surface area contributed by atoms with Gasteiger partial charge >= 0.3 is 0 Å². The van der Waals surface area contributed by atoms with E-state index in [9.17, 15) is 4.79 Å². The van der Waals surface area contributed by atoms with E-state index in [1.807, 2.05) is 0 Å². The van der Waals surface area contributed by atoms with Crippen LogP contribution in [0.4, 0.5) is 5.69 Å². The minimum Gasteiger partial charge on any atom is -0.399 e. The van der Waals surface area contributed by atoms with Crippen molar-refractivity contribution in [2.24, 2.45) is 5.41 Å². The number of hydrogen-bond donors (Lipinski definition) is 3. The van der Waals surface area contributed by atoms with Gasteiger partial charge in [-0.3, -0.25) is 4.79 Å². The molecule has 0 saturated heterocycles. The van der Waals surface area contributed by atoms with Gasteiger partial charge in [0.05, 0.1) is 0 Å². The molecule has 1 amide bonds. The average Bonchev–Trinajstić information content (AvgIpc) is 2.32. The number of amides is 1. The number of halogens is 1. The summed E-state index contributed by atoms with van der Waals surface area (Å²) in [5.41, 5.74) is 6.78. The fourth-order valence-corrected chi connectivity index (χ4v) is 2.32. The first-order valence-corrected chi connectivity index (χ1v) is 7.08. The minimum atomic E-state index is -0.134. The van der Waals surface area contributed by atoms with Gasteiger partial charge in [0.25, 0.3) is 5.91 Å². The van der Waals surface area contributed by atoms with E-state index in [0.717, 1.165) is 17.3 Å². The van der Waals surface area contributed by atoms with Gasteiger partial charge in [-0.15, -0.1) is 0 Å². The van der Waals surface area contributed by atoms with Crippen molar-refractivity contribution < 1.29 is 9.90 Å². The Morgan fingerprint density at radius 2 is 2.11 bits per heavy atom. The van der Waals surface area contributed by atoms with Crippen molar-refractivity contribution in [3.8, 4) is 0 Å². The Hall–Kier alpha value is -1.07. The van der Waals surface area contributed by atoms with Gasteiger partial charge in [-0.05, 0) is 36.5 Å². The molecule has 0 aliphatic carbocycles. The van der Waals surface area contributed by atoms with Crippen molar-refractivity contribution in [2.75, 3.05) is 18.9 Å². The Morgan fingerprint density at radius 3 is 2.68 bits per heavy atom. The first-order chi connectivity index (χ1) is 8.84. The van der Waals surface area contributed by atoms with Crippen LogP contribution in [0.5, 0.6) is 0 Å². The molecule has 4 nitrogen and oxygen atoms in total. The number of aliphatic hydroxyl groups excluding tert-OH is 1. The number of rotatable bonds is 6. The van der Waals surface area contributed by atoms with Crippen molar-refractivity contribution >= 4 is 27.5 Å². The van der Waals surface area contributed by atoms with Gasteiger partial charge < -0.3 is 16.2 Å². The molecule has 19 heavy (non-hydrogen) atoms. The highest BCUT2D eigenvalue weighted by Gasteiger charge is 2.19. The second-order valence-corrected chi connectivity index (χ2v) is 6.36. The molecule has 0 aliphatic heterocycles. The number of aliphatic hydroxyl groups is 1. The van der Waals surface area contributed by atoms with Crippen LogP contribution in [0.2, 0.25) is 0 Å². The first-order valence-electron chi connectivity index (χ1n) is 6.29. The van der Waals surface area contributed by atoms with Crippen LogP contribution in [0.15, 0.2) is 22.7 Å². The van der Waals surface area contributed by atoms with Crippen molar-refractivity contribution in [3.05, 3.63) is 28.2 Å². The summed E-state index contributed by atoms with van der Waals surface area (Å²) in [6.45, 7) is 4.88. The molecular formula is C14H21BrN2O2. The molecule has 0 spiro atoms. The van der Waals surface area contributed by atoms with Crippen molar-refractivity contribution in [1.82, 2.24) is 5.32 Å². The zero-order valence-electron chi connectivity index (χ0n) is 11.4. The van der Waals surface area contributed by atoms with Gasteiger partial charge in [-0.2, -0.15) is 0 Å². The van der Waals surface area contributed by atoms with E-state index in [4.69, 9.17) is 10.8 Å². The van der Waals surface area contributed by atoms with E-state index in [1.54, 1.807) is 18.2 Å². The molecule has 106 valence electrons. The maximum atomic E-state index is 12.0. The van der Waals surface area contributed by atoms with E-state index in [-0.39, 0.29) is 17.9 Å². The van der Waals surface area contributed by atoms with E-state index < -0.39 is 0 Å². The molecule has 0 heterocycles. The molecule has 0 radical (unpaired) electrons. The molecule has 0 atom stereocenters. The van der Waals surface area contributed by atoms with Crippen LogP contribution in [0.1, 0.15) is 37.0 Å². The second-order valence-electron chi connectivity index (χ2n) is 5.45. The highest BCUT2D eigenvalue weighted by Crippen LogP contribution is 2.21. The SMILES string of the molecule is CC(C)(CCCO)CNC(=O)c1cc(N)cc(Br)c1. The van der Waals surface area contributed by atoms with Crippen LogP contribution in [-0.2, 0) is 0 Å². The average molecular weight is 329 g/mol. The monoisotopic (exact) mass is 328 g/mol. The normalized spacial score (nSPS) is 11.4. The van der Waals surface area contributed by atoms with E-state index >= 15 is 0 Å². The summed E-state index contributed by atoms with van der Waals surface area (Å²) >= 11 is 3.32. The Bertz CT molecular complexity index is 427. The van der Waals surface area contributed by atoms with Gasteiger partial charge in [-0.25, -0.2) is 0 Å². The fraction of sp³-hybridized carbons (Fsp3) is 0.500. The van der Waals surface area contributed by atoms with Crippen LogP contribution in [0.3, 0.4) is 0 Å². The zero-order chi connectivity index (χ0) is 14.5. The molecule has 1 aromatic carbocycles. The third-order valence-corrected chi connectivity index (χ3v) is 3.38. The standard InChI is InChI=1S/C14H21BrN2O2/c1-14(2,4-3-5-18)9-17-13(19)10-6-11(15)8-12(16)7-10/h6-8,18H,3-5,9,16H2,1-2H3,(H,17,19). The number of nitrogen functional groups attached to an aromatic ring is 1. The first kappa shape index (κ1) is 16.0. The maximum absolute atomic E-state index is 12.0. The minimum absolute atomic E-state index is 0.0318. The maximum Gasteiger partial charge on any atom is 0.251 e. The van der Waals surface area contributed by atoms with Crippen LogP contribution >= 0.6 is 15.9 Å². The number of carbonyl (C=O) groups excluding carboxylic acids is 1. The highest BCUT2D eigenvalue weighted by atomic mass is 79.9. The Balaban J connectivity index is 2.60. The van der Waals surface area contributed by atoms with Crippen LogP contribution in [-0.4, -0.2) is 24.2 Å². The van der Waals surface area contributed by atoms with E-state index in [1.165, 1.54) is 0 Å². The van der Waals surface area contributed by atoms with Crippen molar-refractivity contribution in [3.63, 3.8) is 0 Å². The quantitative estimate of drug-likeness (QED) is 0.702. The van der Waals surface area contributed by atoms with Crippen LogP contribution in [0, 0.1) is 5.41 Å². The lowest BCUT2D eigenvalue weighted by Crippen LogP contribution is -2.34. The summed E-state index contributed by atoms with van der Waals surface area (Å²) < 4.78 is 0.789. The molecule has 0 aromatic heterocycles. The number of nitrogens with one attached hydrogen (secondary N) is 1. The molecule has 1 aromatic rings. The molecule has 1 rings (SSSR count). The summed E-state index contributed by atoms with van der Waals surface area (Å²) in [7, 11) is 0. The van der Waals surface area contributed by atoms with Crippen molar-refractivity contribution in [1.29, 1.82) is 0 Å². The fourth-order valence-electron chi connectivity index (χ4n) is 1.81. The van der Waals surface area contributed by atoms with Crippen LogP contribution in [0.25, 0.3) is 0 Å². The van der Waals surface area contributed by atoms with Gasteiger partial charge in [-0.1, -0.05) is 29.8 Å². The molecular weight excluding hydrogens is 308 g/mol. The Labute approximate surface area is 122 Å². The topological polar surface area (TPSA) is 75.3 Å². The largest absolute Gasteiger partial charge is 0.399 e. The molecule has 0 saturated carbocycles. The molecule has 0 bridgehead atoms. The lowest BCUT2D eigenvalue weighted by Gasteiger charge is -2.24. The zero-order valence-corrected chi connectivity index (χ0v) is 13.0. The summed E-state index contributed by atoms with van der Waals surface area (Å²) in [6.07, 6.45) is 1.61. The second kappa shape index (κ2) is 6.91. The highest BCUT2D eigenvalue weighted by molar-refractivity contribution is 9.10. The summed E-state index contributed by atoms with van der Waals surface area (Å²) in [5.74, 6) is -0.134. The molecule has 5 heteroatoms. The van der Waals surface area contributed by atoms with Gasteiger partial charge in [0.15, 0.2) is 0 Å².